The van der Waals surface area contributed by atoms with Crippen molar-refractivity contribution in [1.29, 1.82) is 0 Å². The summed E-state index contributed by atoms with van der Waals surface area (Å²) in [6.07, 6.45) is 6.54. The molecule has 0 saturated carbocycles. The molecule has 3 heterocycles. The minimum atomic E-state index is -0.0901. The van der Waals surface area contributed by atoms with Gasteiger partial charge in [-0.1, -0.05) is 0 Å². The van der Waals surface area contributed by atoms with Crippen LogP contribution in [0.1, 0.15) is 19.3 Å². The molecule has 0 aliphatic carbocycles. The molecule has 120 valence electrons. The van der Waals surface area contributed by atoms with E-state index in [1.807, 2.05) is 6.07 Å². The maximum Gasteiger partial charge on any atom is 0.315 e. The van der Waals surface area contributed by atoms with Crippen LogP contribution in [0.5, 0.6) is 0 Å². The number of carbonyl (C=O) groups is 1. The summed E-state index contributed by atoms with van der Waals surface area (Å²) in [5, 5.41) is 6.00. The molecule has 0 unspecified atom stereocenters. The first-order valence-corrected chi connectivity index (χ1v) is 7.95. The van der Waals surface area contributed by atoms with Crippen molar-refractivity contribution in [3.8, 4) is 0 Å². The van der Waals surface area contributed by atoms with Gasteiger partial charge in [0.25, 0.3) is 0 Å². The van der Waals surface area contributed by atoms with E-state index >= 15 is 0 Å². The lowest BCUT2D eigenvalue weighted by Crippen LogP contribution is -2.51. The van der Waals surface area contributed by atoms with Crippen LogP contribution in [0.4, 0.5) is 10.7 Å². The standard InChI is InChI=1S/C15H23N5O2/c21-15(18-9-12-4-8-22-11-12)19-13-3-1-7-20(10-13)14-16-5-2-6-17-14/h2,5-6,12-13H,1,3-4,7-11H2,(H2,18,19,21)/t12-,13-/m0/s1. The van der Waals surface area contributed by atoms with Crippen molar-refractivity contribution in [2.24, 2.45) is 5.92 Å². The van der Waals surface area contributed by atoms with Crippen molar-refractivity contribution < 1.29 is 9.53 Å². The number of hydrogen-bond acceptors (Lipinski definition) is 5. The Morgan fingerprint density at radius 2 is 2.23 bits per heavy atom. The number of piperidine rings is 1. The number of rotatable bonds is 4. The molecule has 2 amide bonds. The third kappa shape index (κ3) is 4.07. The minimum absolute atomic E-state index is 0.0901. The number of ether oxygens (including phenoxy) is 1. The van der Waals surface area contributed by atoms with Gasteiger partial charge in [-0.15, -0.1) is 0 Å². The van der Waals surface area contributed by atoms with Gasteiger partial charge in [0.1, 0.15) is 0 Å². The van der Waals surface area contributed by atoms with Gasteiger partial charge in [-0.05, 0) is 25.3 Å². The third-order valence-electron chi connectivity index (χ3n) is 4.17. The van der Waals surface area contributed by atoms with Crippen molar-refractivity contribution in [1.82, 2.24) is 20.6 Å². The molecule has 0 spiro atoms. The van der Waals surface area contributed by atoms with Gasteiger partial charge in [-0.3, -0.25) is 0 Å². The van der Waals surface area contributed by atoms with E-state index in [0.29, 0.717) is 12.5 Å². The lowest BCUT2D eigenvalue weighted by atomic mass is 10.1. The summed E-state index contributed by atoms with van der Waals surface area (Å²) < 4.78 is 5.31. The molecule has 1 aromatic heterocycles. The van der Waals surface area contributed by atoms with Crippen LogP contribution in [-0.2, 0) is 4.74 Å². The molecule has 0 radical (unpaired) electrons. The van der Waals surface area contributed by atoms with E-state index < -0.39 is 0 Å². The molecule has 7 heteroatoms. The number of urea groups is 1. The van der Waals surface area contributed by atoms with E-state index in [1.165, 1.54) is 0 Å². The highest BCUT2D eigenvalue weighted by Crippen LogP contribution is 2.15. The number of hydrogen-bond donors (Lipinski definition) is 2. The largest absolute Gasteiger partial charge is 0.381 e. The molecule has 3 rings (SSSR count). The molecular weight excluding hydrogens is 282 g/mol. The van der Waals surface area contributed by atoms with Crippen LogP contribution in [-0.4, -0.2) is 54.9 Å². The Morgan fingerprint density at radius 1 is 1.36 bits per heavy atom. The fourth-order valence-electron chi connectivity index (χ4n) is 2.95. The Bertz CT molecular complexity index is 478. The molecule has 2 saturated heterocycles. The Labute approximate surface area is 130 Å². The van der Waals surface area contributed by atoms with Crippen molar-refractivity contribution in [2.45, 2.75) is 25.3 Å². The van der Waals surface area contributed by atoms with Gasteiger partial charge < -0.3 is 20.3 Å². The molecule has 2 aliphatic heterocycles. The molecule has 2 aliphatic rings. The molecule has 2 N–H and O–H groups in total. The lowest BCUT2D eigenvalue weighted by molar-refractivity contribution is 0.185. The van der Waals surface area contributed by atoms with Crippen LogP contribution in [0.15, 0.2) is 18.5 Å². The number of aromatic nitrogens is 2. The van der Waals surface area contributed by atoms with E-state index in [0.717, 1.165) is 51.5 Å². The van der Waals surface area contributed by atoms with Crippen LogP contribution in [0.2, 0.25) is 0 Å². The van der Waals surface area contributed by atoms with E-state index in [2.05, 4.69) is 25.5 Å². The number of amides is 2. The van der Waals surface area contributed by atoms with Gasteiger partial charge in [-0.2, -0.15) is 0 Å². The number of anilines is 1. The van der Waals surface area contributed by atoms with Crippen LogP contribution >= 0.6 is 0 Å². The Hall–Kier alpha value is -1.89. The average molecular weight is 305 g/mol. The lowest BCUT2D eigenvalue weighted by Gasteiger charge is -2.33. The molecule has 0 bridgehead atoms. The predicted octanol–water partition coefficient (Wildman–Crippen LogP) is 0.781. The number of carbonyl (C=O) groups excluding carboxylic acids is 1. The summed E-state index contributed by atoms with van der Waals surface area (Å²) in [7, 11) is 0. The predicted molar refractivity (Wildman–Crippen MR) is 82.7 cm³/mol. The van der Waals surface area contributed by atoms with Crippen LogP contribution in [0.25, 0.3) is 0 Å². The third-order valence-corrected chi connectivity index (χ3v) is 4.17. The maximum absolute atomic E-state index is 12.0. The average Bonchev–Trinajstić information content (AvgIpc) is 3.08. The molecule has 2 fully saturated rings. The second-order valence-electron chi connectivity index (χ2n) is 5.92. The second kappa shape index (κ2) is 7.40. The van der Waals surface area contributed by atoms with Crippen LogP contribution in [0.3, 0.4) is 0 Å². The molecule has 7 nitrogen and oxygen atoms in total. The first-order valence-electron chi connectivity index (χ1n) is 7.95. The Kier molecular flexibility index (Phi) is 5.05. The van der Waals surface area contributed by atoms with Crippen molar-refractivity contribution in [3.05, 3.63) is 18.5 Å². The van der Waals surface area contributed by atoms with Gasteiger partial charge in [-0.25, -0.2) is 14.8 Å². The van der Waals surface area contributed by atoms with Crippen molar-refractivity contribution in [3.63, 3.8) is 0 Å². The SMILES string of the molecule is O=C(NC[C@@H]1CCOC1)N[C@H]1CCCN(c2ncccn2)C1. The molecule has 22 heavy (non-hydrogen) atoms. The highest BCUT2D eigenvalue weighted by molar-refractivity contribution is 5.74. The summed E-state index contributed by atoms with van der Waals surface area (Å²) in [5.41, 5.74) is 0. The van der Waals surface area contributed by atoms with Crippen LogP contribution in [0, 0.1) is 5.92 Å². The zero-order valence-electron chi connectivity index (χ0n) is 12.7. The normalized spacial score (nSPS) is 25.0. The van der Waals surface area contributed by atoms with Crippen LogP contribution < -0.4 is 15.5 Å². The van der Waals surface area contributed by atoms with Gasteiger partial charge in [0, 0.05) is 50.6 Å². The zero-order chi connectivity index (χ0) is 15.2. The minimum Gasteiger partial charge on any atom is -0.381 e. The van der Waals surface area contributed by atoms with E-state index in [-0.39, 0.29) is 12.1 Å². The fourth-order valence-corrected chi connectivity index (χ4v) is 2.95. The van der Waals surface area contributed by atoms with Gasteiger partial charge in [0.2, 0.25) is 5.95 Å². The van der Waals surface area contributed by atoms with Crippen molar-refractivity contribution in [2.75, 3.05) is 37.7 Å². The summed E-state index contributed by atoms with van der Waals surface area (Å²) in [6.45, 7) is 3.93. The molecule has 2 atom stereocenters. The van der Waals surface area contributed by atoms with E-state index in [9.17, 15) is 4.79 Å². The Morgan fingerprint density at radius 3 is 3.00 bits per heavy atom. The highest BCUT2D eigenvalue weighted by atomic mass is 16.5. The summed E-state index contributed by atoms with van der Waals surface area (Å²) in [4.78, 5) is 22.7. The molecular formula is C15H23N5O2. The van der Waals surface area contributed by atoms with Gasteiger partial charge in [0.15, 0.2) is 0 Å². The monoisotopic (exact) mass is 305 g/mol. The van der Waals surface area contributed by atoms with Gasteiger partial charge in [0.05, 0.1) is 6.61 Å². The molecule has 0 aromatic carbocycles. The molecule has 1 aromatic rings. The smallest absolute Gasteiger partial charge is 0.315 e. The quantitative estimate of drug-likeness (QED) is 0.859. The first-order chi connectivity index (χ1) is 10.8. The summed E-state index contributed by atoms with van der Waals surface area (Å²) in [6, 6.07) is 1.86. The van der Waals surface area contributed by atoms with Gasteiger partial charge >= 0.3 is 6.03 Å². The fraction of sp³-hybridized carbons (Fsp3) is 0.667. The second-order valence-corrected chi connectivity index (χ2v) is 5.92. The van der Waals surface area contributed by atoms with Crippen molar-refractivity contribution >= 4 is 12.0 Å². The van der Waals surface area contributed by atoms with E-state index in [4.69, 9.17) is 4.74 Å². The van der Waals surface area contributed by atoms with E-state index in [1.54, 1.807) is 12.4 Å². The topological polar surface area (TPSA) is 79.4 Å². The Balaban J connectivity index is 1.44. The zero-order valence-corrected chi connectivity index (χ0v) is 12.7. The maximum atomic E-state index is 12.0. The summed E-state index contributed by atoms with van der Waals surface area (Å²) in [5.74, 6) is 1.18. The number of nitrogens with zero attached hydrogens (tertiary/aromatic N) is 3. The highest BCUT2D eigenvalue weighted by Gasteiger charge is 2.23. The summed E-state index contributed by atoms with van der Waals surface area (Å²) >= 11 is 0. The first kappa shape index (κ1) is 15.0. The number of nitrogens with one attached hydrogen (secondary N) is 2.